The Morgan fingerprint density at radius 1 is 0.489 bits per heavy atom. The smallest absolute Gasteiger partial charge is 0.197 e. The molecule has 0 unspecified atom stereocenters. The monoisotopic (exact) mass is 595 g/mol. The van der Waals surface area contributed by atoms with Crippen LogP contribution in [0.1, 0.15) is 64.5 Å². The first-order valence-corrected chi connectivity index (χ1v) is 14.6. The van der Waals surface area contributed by atoms with E-state index >= 15 is 28.0 Å². The highest BCUT2D eigenvalue weighted by Crippen LogP contribution is 2.69. The molecule has 5 aromatic carbocycles. The van der Waals surface area contributed by atoms with Crippen LogP contribution in [0.15, 0.2) is 127 Å². The number of carbonyl (C=O) groups excluding carboxylic acids is 4. The summed E-state index contributed by atoms with van der Waals surface area (Å²) in [6, 6.07) is 30.9. The second kappa shape index (κ2) is 9.47. The zero-order chi connectivity index (χ0) is 31.1. The van der Waals surface area contributed by atoms with E-state index in [2.05, 4.69) is 0 Å². The van der Waals surface area contributed by atoms with Crippen molar-refractivity contribution < 1.29 is 28.0 Å². The number of fused-ring (bicyclic) bond motifs is 2. The van der Waals surface area contributed by atoms with Gasteiger partial charge >= 0.3 is 0 Å². The number of Topliss-reactive ketones (excluding diaryl/α,β-unsaturated/α-hetero) is 4. The van der Waals surface area contributed by atoms with E-state index in [0.29, 0.717) is 5.69 Å². The summed E-state index contributed by atoms with van der Waals surface area (Å²) in [5, 5.41) is 0. The molecule has 0 radical (unpaired) electrons. The van der Waals surface area contributed by atoms with Gasteiger partial charge in [-0.3, -0.25) is 19.2 Å². The summed E-state index contributed by atoms with van der Waals surface area (Å²) in [5.41, 5.74) is -3.10. The second-order valence-electron chi connectivity index (χ2n) is 11.7. The van der Waals surface area contributed by atoms with Gasteiger partial charge < -0.3 is 4.90 Å². The predicted octanol–water partition coefficient (Wildman–Crippen LogP) is 7.19. The first-order valence-electron chi connectivity index (χ1n) is 14.6. The normalized spacial score (nSPS) is 20.7. The van der Waals surface area contributed by atoms with Crippen molar-refractivity contribution in [1.29, 1.82) is 0 Å². The molecule has 0 amide bonds. The van der Waals surface area contributed by atoms with Crippen molar-refractivity contribution in [2.45, 2.75) is 17.5 Å². The third kappa shape index (κ3) is 3.30. The minimum absolute atomic E-state index is 0.130. The summed E-state index contributed by atoms with van der Waals surface area (Å²) in [6.07, 6.45) is 0. The fourth-order valence-corrected chi connectivity index (χ4v) is 8.07. The number of para-hydroxylation sites is 1. The summed E-state index contributed by atoms with van der Waals surface area (Å²) in [6.45, 7) is 0. The van der Waals surface area contributed by atoms with E-state index in [1.807, 2.05) is 0 Å². The Labute approximate surface area is 256 Å². The molecule has 2 aliphatic carbocycles. The Morgan fingerprint density at radius 2 is 0.933 bits per heavy atom. The Balaban J connectivity index is 1.59. The molecule has 1 heterocycles. The Morgan fingerprint density at radius 3 is 1.44 bits per heavy atom. The molecule has 45 heavy (non-hydrogen) atoms. The Kier molecular flexibility index (Phi) is 5.69. The molecule has 0 saturated carbocycles. The van der Waals surface area contributed by atoms with Crippen LogP contribution in [0.4, 0.5) is 14.5 Å². The third-order valence-electron chi connectivity index (χ3n) is 9.60. The van der Waals surface area contributed by atoms with Crippen molar-refractivity contribution in [3.8, 4) is 0 Å². The van der Waals surface area contributed by atoms with E-state index < -0.39 is 57.7 Å². The van der Waals surface area contributed by atoms with Gasteiger partial charge in [-0.1, -0.05) is 91.0 Å². The maximum Gasteiger partial charge on any atom is 0.197 e. The summed E-state index contributed by atoms with van der Waals surface area (Å²) in [5.74, 6) is -5.23. The lowest BCUT2D eigenvalue weighted by Gasteiger charge is -2.40. The van der Waals surface area contributed by atoms with Crippen molar-refractivity contribution in [3.05, 3.63) is 172 Å². The number of nitrogens with zero attached hydrogens (tertiary/aromatic N) is 1. The number of carbonyl (C=O) groups is 4. The largest absolute Gasteiger partial charge is 0.343 e. The molecule has 7 heteroatoms. The Hall–Kier alpha value is -5.56. The first-order chi connectivity index (χ1) is 21.8. The number of hydrogen-bond donors (Lipinski definition) is 0. The van der Waals surface area contributed by atoms with Crippen LogP contribution in [-0.2, 0) is 0 Å². The number of halogens is 2. The lowest BCUT2D eigenvalue weighted by atomic mass is 9.60. The van der Waals surface area contributed by atoms with Gasteiger partial charge in [-0.15, -0.1) is 0 Å². The van der Waals surface area contributed by atoms with Crippen LogP contribution in [0.5, 0.6) is 0 Å². The molecule has 5 aromatic rings. The average molecular weight is 596 g/mol. The minimum atomic E-state index is -2.21. The Bertz CT molecular complexity index is 2040. The average Bonchev–Trinajstić information content (AvgIpc) is 3.57. The molecule has 2 spiro atoms. The molecule has 2 atom stereocenters. The predicted molar refractivity (Wildman–Crippen MR) is 163 cm³/mol. The molecule has 218 valence electrons. The number of anilines is 1. The van der Waals surface area contributed by atoms with Gasteiger partial charge in [0, 0.05) is 33.9 Å². The summed E-state index contributed by atoms with van der Waals surface area (Å²) in [7, 11) is 0. The van der Waals surface area contributed by atoms with Gasteiger partial charge in [-0.2, -0.15) is 0 Å². The summed E-state index contributed by atoms with van der Waals surface area (Å²) in [4.78, 5) is 62.0. The summed E-state index contributed by atoms with van der Waals surface area (Å²) >= 11 is 0. The molecule has 0 N–H and O–H groups in total. The van der Waals surface area contributed by atoms with E-state index in [-0.39, 0.29) is 33.4 Å². The number of benzene rings is 5. The quantitative estimate of drug-likeness (QED) is 0.207. The molecule has 8 rings (SSSR count). The SMILES string of the molecule is O=C1c2ccccc2C(=O)C12[C@H](c1cccc(F)c1)N(c1ccccc1)C1(C(=O)c3ccccc3C1=O)[C@@H]2c1cccc(F)c1. The molecular weight excluding hydrogens is 572 g/mol. The van der Waals surface area contributed by atoms with Crippen LogP contribution in [-0.4, -0.2) is 28.7 Å². The highest BCUT2D eigenvalue weighted by molar-refractivity contribution is 6.39. The van der Waals surface area contributed by atoms with E-state index in [1.54, 1.807) is 95.9 Å². The maximum atomic E-state index is 15.2. The second-order valence-corrected chi connectivity index (χ2v) is 11.7. The molecule has 1 aliphatic heterocycles. The van der Waals surface area contributed by atoms with Crippen molar-refractivity contribution in [2.24, 2.45) is 5.41 Å². The topological polar surface area (TPSA) is 71.5 Å². The van der Waals surface area contributed by atoms with E-state index in [1.165, 1.54) is 36.4 Å². The molecule has 3 aliphatic rings. The third-order valence-corrected chi connectivity index (χ3v) is 9.60. The van der Waals surface area contributed by atoms with Gasteiger partial charge in [0.15, 0.2) is 28.7 Å². The van der Waals surface area contributed by atoms with Gasteiger partial charge in [0.25, 0.3) is 0 Å². The van der Waals surface area contributed by atoms with E-state index in [4.69, 9.17) is 0 Å². The first kappa shape index (κ1) is 27.0. The molecule has 1 fully saturated rings. The van der Waals surface area contributed by atoms with Crippen LogP contribution in [0.3, 0.4) is 0 Å². The van der Waals surface area contributed by atoms with Crippen molar-refractivity contribution in [1.82, 2.24) is 0 Å². The fourth-order valence-electron chi connectivity index (χ4n) is 8.07. The van der Waals surface area contributed by atoms with E-state index in [0.717, 1.165) is 0 Å². The summed E-state index contributed by atoms with van der Waals surface area (Å²) < 4.78 is 30.3. The van der Waals surface area contributed by atoms with Crippen LogP contribution >= 0.6 is 0 Å². The molecule has 0 bridgehead atoms. The number of ketones is 4. The van der Waals surface area contributed by atoms with Crippen molar-refractivity contribution in [2.75, 3.05) is 4.90 Å². The fraction of sp³-hybridized carbons (Fsp3) is 0.105. The van der Waals surface area contributed by atoms with Crippen LogP contribution in [0, 0.1) is 17.0 Å². The van der Waals surface area contributed by atoms with Crippen molar-refractivity contribution in [3.63, 3.8) is 0 Å². The molecule has 1 saturated heterocycles. The van der Waals surface area contributed by atoms with Crippen molar-refractivity contribution >= 4 is 28.8 Å². The standard InChI is InChI=1S/C38H23F2NO4/c39-24-12-8-10-22(20-24)31-37(33(42)27-16-4-5-17-28(27)34(37)43)32(23-11-9-13-25(40)21-23)41(26-14-2-1-3-15-26)38(31)35(44)29-18-6-7-19-30(29)36(38)45/h1-21,31-32H/t31-,32+/m1/s1. The lowest BCUT2D eigenvalue weighted by molar-refractivity contribution is 0.0619. The van der Waals surface area contributed by atoms with E-state index in [9.17, 15) is 0 Å². The van der Waals surface area contributed by atoms with Gasteiger partial charge in [0.1, 0.15) is 17.0 Å². The highest BCUT2D eigenvalue weighted by Gasteiger charge is 2.81. The van der Waals surface area contributed by atoms with Gasteiger partial charge in [0.2, 0.25) is 0 Å². The van der Waals surface area contributed by atoms with Gasteiger partial charge in [-0.25, -0.2) is 8.78 Å². The minimum Gasteiger partial charge on any atom is -0.343 e. The number of hydrogen-bond acceptors (Lipinski definition) is 5. The molecular formula is C38H23F2NO4. The maximum absolute atomic E-state index is 15.2. The van der Waals surface area contributed by atoms with Crippen LogP contribution < -0.4 is 4.90 Å². The molecule has 5 nitrogen and oxygen atoms in total. The number of rotatable bonds is 3. The van der Waals surface area contributed by atoms with Gasteiger partial charge in [-0.05, 0) is 47.5 Å². The lowest BCUT2D eigenvalue weighted by Crippen LogP contribution is -2.57. The zero-order valence-corrected chi connectivity index (χ0v) is 23.6. The molecule has 0 aromatic heterocycles. The highest BCUT2D eigenvalue weighted by atomic mass is 19.1. The van der Waals surface area contributed by atoms with Gasteiger partial charge in [0.05, 0.1) is 6.04 Å². The zero-order valence-electron chi connectivity index (χ0n) is 23.6. The van der Waals surface area contributed by atoms with Crippen LogP contribution in [0.25, 0.3) is 0 Å². The van der Waals surface area contributed by atoms with Crippen LogP contribution in [0.2, 0.25) is 0 Å².